The van der Waals surface area contributed by atoms with Crippen molar-refractivity contribution in [3.8, 4) is 101 Å². The van der Waals surface area contributed by atoms with E-state index in [9.17, 15) is 0 Å². The van der Waals surface area contributed by atoms with E-state index in [-0.39, 0.29) is 0 Å². The molecule has 0 aliphatic carbocycles. The SMILES string of the molecule is c1ccc(-c2ccc(-n3c4ccccc4c4cc(-c5ccc6c(c5)c5cc(-c7ccccc7)ccc5n6-c5ccccc5)ccc43)cc2)cc1.c1ccc(-n2c3ccccc3c3cc(-c4ccc5c(c4)c4ccccc4n5-c4ccc(-c5ccc6ccccc6c5)cc4)ccc32)cc1.c1ccc(-n2c3ccccc3c3cc(-c4ccc5c(c4)c4ccccc4n5-c4cccc5ccccc45)ccc32)cc1. The molecule has 6 aromatic heterocycles. The fourth-order valence-electron chi connectivity index (χ4n) is 22.2. The lowest BCUT2D eigenvalue weighted by Crippen LogP contribution is -1.95. The van der Waals surface area contributed by atoms with Crippen LogP contribution in [0.15, 0.2) is 534 Å². The Morgan fingerprint density at radius 3 is 0.636 bits per heavy atom. The van der Waals surface area contributed by atoms with E-state index in [1.54, 1.807) is 0 Å². The number of rotatable bonds is 12. The van der Waals surface area contributed by atoms with Gasteiger partial charge in [0.05, 0.1) is 71.9 Å². The summed E-state index contributed by atoms with van der Waals surface area (Å²) in [6.07, 6.45) is 0. The Bertz CT molecular complexity index is 9900. The largest absolute Gasteiger partial charge is 0.309 e. The second-order valence-electron chi connectivity index (χ2n) is 36.6. The number of hydrogen-bond donors (Lipinski definition) is 0. The molecule has 29 aromatic rings. The molecule has 6 nitrogen and oxygen atoms in total. The van der Waals surface area contributed by atoms with E-state index < -0.39 is 0 Å². The van der Waals surface area contributed by atoms with Gasteiger partial charge in [0.2, 0.25) is 0 Å². The molecule has 0 atom stereocenters. The van der Waals surface area contributed by atoms with Gasteiger partial charge in [-0.1, -0.05) is 346 Å². The smallest absolute Gasteiger partial charge is 0.0541 e. The minimum atomic E-state index is 1.16. The molecule has 0 saturated heterocycles. The molecule has 0 amide bonds. The monoisotopic (exact) mass is 1780 g/mol. The predicted molar refractivity (Wildman–Crippen MR) is 593 cm³/mol. The molecule has 23 aromatic carbocycles. The molecule has 140 heavy (non-hydrogen) atoms. The third kappa shape index (κ3) is 13.8. The first-order valence-corrected chi connectivity index (χ1v) is 48.2. The topological polar surface area (TPSA) is 29.6 Å². The van der Waals surface area contributed by atoms with Gasteiger partial charge in [0.25, 0.3) is 0 Å². The zero-order chi connectivity index (χ0) is 92.2. The highest BCUT2D eigenvalue weighted by molar-refractivity contribution is 6.18. The molecule has 6 heterocycles. The van der Waals surface area contributed by atoms with Crippen molar-refractivity contribution >= 4 is 152 Å². The van der Waals surface area contributed by atoms with Crippen LogP contribution >= 0.6 is 0 Å². The average molecular weight is 1780 g/mol. The zero-order valence-corrected chi connectivity index (χ0v) is 76.5. The van der Waals surface area contributed by atoms with Crippen LogP contribution < -0.4 is 0 Å². The number of nitrogens with zero attached hydrogens (tertiary/aromatic N) is 6. The van der Waals surface area contributed by atoms with Crippen LogP contribution in [-0.4, -0.2) is 27.4 Å². The summed E-state index contributed by atoms with van der Waals surface area (Å²) in [4.78, 5) is 0. The number of benzene rings is 23. The molecule has 0 unspecified atom stereocenters. The zero-order valence-electron chi connectivity index (χ0n) is 76.5. The van der Waals surface area contributed by atoms with Gasteiger partial charge in [-0.15, -0.1) is 0 Å². The Morgan fingerprint density at radius 1 is 0.0929 bits per heavy atom. The number of para-hydroxylation sites is 8. The van der Waals surface area contributed by atoms with Gasteiger partial charge in [-0.2, -0.15) is 0 Å². The van der Waals surface area contributed by atoms with Crippen LogP contribution in [0, 0.1) is 0 Å². The number of aromatic nitrogens is 6. The number of hydrogen-bond acceptors (Lipinski definition) is 0. The average Bonchev–Trinajstić information content (AvgIpc) is 1.59. The Labute approximate surface area is 808 Å². The van der Waals surface area contributed by atoms with Crippen LogP contribution in [-0.2, 0) is 0 Å². The van der Waals surface area contributed by atoms with Crippen LogP contribution in [0.5, 0.6) is 0 Å². The van der Waals surface area contributed by atoms with Crippen molar-refractivity contribution in [3.05, 3.63) is 534 Å². The highest BCUT2D eigenvalue weighted by atomic mass is 15.0. The first-order valence-electron chi connectivity index (χ1n) is 48.2. The molecule has 654 valence electrons. The summed E-state index contributed by atoms with van der Waals surface area (Å²) in [7, 11) is 0. The van der Waals surface area contributed by atoms with Gasteiger partial charge in [-0.05, 0) is 271 Å². The summed E-state index contributed by atoms with van der Waals surface area (Å²) in [6, 6.07) is 194. The lowest BCUT2D eigenvalue weighted by Gasteiger charge is -2.12. The molecule has 0 bridgehead atoms. The van der Waals surface area contributed by atoms with Gasteiger partial charge in [-0.25, -0.2) is 0 Å². The maximum atomic E-state index is 2.42. The van der Waals surface area contributed by atoms with Crippen LogP contribution in [0.2, 0.25) is 0 Å². The van der Waals surface area contributed by atoms with Gasteiger partial charge < -0.3 is 27.4 Å². The maximum Gasteiger partial charge on any atom is 0.0541 e. The van der Waals surface area contributed by atoms with Gasteiger partial charge in [0.15, 0.2) is 0 Å². The molecule has 0 fully saturated rings. The van der Waals surface area contributed by atoms with Crippen molar-refractivity contribution in [2.24, 2.45) is 0 Å². The standard InChI is InChI=1S/C48H32N2.C46H30N2.C40H26N2/c1-4-12-33(13-5-1)35-20-25-40(26-21-35)50-45-19-11-10-18-41(45)42-31-37(23-28-46(42)50)38-24-29-48-44(32-38)43-30-36(34-14-6-2-7-15-34)22-27-47(43)49(48)39-16-8-3-9-17-39;1-2-12-37(13-3-1)47-43-16-8-6-14-39(43)41-29-35(22-26-45(41)47)36-23-27-46-42(30-36)40-15-7-9-17-44(40)48(46)38-24-20-32(21-25-38)34-19-18-31-10-4-5-11-33(31)28-34;1-2-13-30(14-3-1)41-37-18-8-6-16-32(37)34-25-28(21-23-39(34)41)29-22-24-40-35(26-29)33-17-7-9-19-38(33)42(40)36-20-10-12-27-11-4-5-15-31(27)36/h1-32H;1-30H;1-26H. The Hall–Kier alpha value is -18.6. The van der Waals surface area contributed by atoms with E-state index in [1.807, 2.05) is 0 Å². The summed E-state index contributed by atoms with van der Waals surface area (Å²) in [5.74, 6) is 0. The lowest BCUT2D eigenvalue weighted by atomic mass is 9.99. The van der Waals surface area contributed by atoms with Crippen molar-refractivity contribution in [1.29, 1.82) is 0 Å². The van der Waals surface area contributed by atoms with Crippen molar-refractivity contribution < 1.29 is 0 Å². The van der Waals surface area contributed by atoms with Crippen LogP contribution in [0.1, 0.15) is 0 Å². The minimum Gasteiger partial charge on any atom is -0.309 e. The van der Waals surface area contributed by atoms with E-state index in [0.717, 1.165) is 11.4 Å². The Balaban J connectivity index is 0.000000106. The van der Waals surface area contributed by atoms with Crippen molar-refractivity contribution in [1.82, 2.24) is 27.4 Å². The van der Waals surface area contributed by atoms with Gasteiger partial charge >= 0.3 is 0 Å². The lowest BCUT2D eigenvalue weighted by molar-refractivity contribution is 1.18. The first kappa shape index (κ1) is 81.0. The molecule has 0 saturated carbocycles. The molecular weight excluding hydrogens is 1690 g/mol. The third-order valence-electron chi connectivity index (χ3n) is 28.7. The third-order valence-corrected chi connectivity index (χ3v) is 28.7. The fourth-order valence-corrected chi connectivity index (χ4v) is 22.2. The quantitative estimate of drug-likeness (QED) is 0.117. The van der Waals surface area contributed by atoms with Crippen molar-refractivity contribution in [2.75, 3.05) is 0 Å². The minimum absolute atomic E-state index is 1.16. The van der Waals surface area contributed by atoms with Gasteiger partial charge in [0, 0.05) is 98.5 Å². The van der Waals surface area contributed by atoms with Crippen molar-refractivity contribution in [2.45, 2.75) is 0 Å². The summed E-state index contributed by atoms with van der Waals surface area (Å²) in [5.41, 5.74) is 36.3. The highest BCUT2D eigenvalue weighted by Crippen LogP contribution is 2.46. The summed E-state index contributed by atoms with van der Waals surface area (Å²) < 4.78 is 14.4. The summed E-state index contributed by atoms with van der Waals surface area (Å²) in [5, 5.41) is 20.2. The molecule has 0 aliphatic heterocycles. The summed E-state index contributed by atoms with van der Waals surface area (Å²) >= 11 is 0. The first-order chi connectivity index (χ1) is 69.4. The second-order valence-corrected chi connectivity index (χ2v) is 36.6. The van der Waals surface area contributed by atoms with E-state index >= 15 is 0 Å². The Morgan fingerprint density at radius 2 is 0.293 bits per heavy atom. The van der Waals surface area contributed by atoms with E-state index in [4.69, 9.17) is 0 Å². The second kappa shape index (κ2) is 33.8. The molecular formula is C134H88N6. The van der Waals surface area contributed by atoms with E-state index in [2.05, 4.69) is 561 Å². The molecule has 0 N–H and O–H groups in total. The maximum absolute atomic E-state index is 2.42. The number of fused-ring (bicyclic) bond motifs is 20. The fraction of sp³-hybridized carbons (Fsp3) is 0. The Kier molecular flexibility index (Phi) is 19.5. The van der Waals surface area contributed by atoms with Crippen LogP contribution in [0.3, 0.4) is 0 Å². The van der Waals surface area contributed by atoms with E-state index in [0.29, 0.717) is 0 Å². The molecule has 0 aliphatic rings. The molecule has 6 heteroatoms. The highest BCUT2D eigenvalue weighted by Gasteiger charge is 2.24. The molecule has 0 spiro atoms. The van der Waals surface area contributed by atoms with Crippen LogP contribution in [0.25, 0.3) is 253 Å². The molecule has 29 rings (SSSR count). The normalized spacial score (nSPS) is 11.7. The molecule has 0 radical (unpaired) electrons. The van der Waals surface area contributed by atoms with E-state index in [1.165, 1.54) is 242 Å². The van der Waals surface area contributed by atoms with Crippen LogP contribution in [0.4, 0.5) is 0 Å². The van der Waals surface area contributed by atoms with Gasteiger partial charge in [-0.3, -0.25) is 0 Å². The predicted octanol–water partition coefficient (Wildman–Crippen LogP) is 36.0. The summed E-state index contributed by atoms with van der Waals surface area (Å²) in [6.45, 7) is 0. The van der Waals surface area contributed by atoms with Gasteiger partial charge in [0.1, 0.15) is 0 Å². The van der Waals surface area contributed by atoms with Crippen molar-refractivity contribution in [3.63, 3.8) is 0 Å².